The fourth-order valence-electron chi connectivity index (χ4n) is 2.59. The molecule has 0 fully saturated rings. The fourth-order valence-corrected chi connectivity index (χ4v) is 3.00. The molecule has 0 atom stereocenters. The van der Waals surface area contributed by atoms with Crippen molar-refractivity contribution < 1.29 is 9.47 Å². The summed E-state index contributed by atoms with van der Waals surface area (Å²) in [5, 5.41) is 0. The molecule has 2 aromatic carbocycles. The molecule has 0 radical (unpaired) electrons. The predicted molar refractivity (Wildman–Crippen MR) is 104 cm³/mol. The van der Waals surface area contributed by atoms with Gasteiger partial charge in [0.25, 0.3) is 0 Å². The van der Waals surface area contributed by atoms with Gasteiger partial charge in [0.15, 0.2) is 0 Å². The van der Waals surface area contributed by atoms with Crippen molar-refractivity contribution in [2.45, 2.75) is 4.90 Å². The second kappa shape index (κ2) is 9.57. The minimum absolute atomic E-state index is 0.666. The molecule has 5 heteroatoms. The molecule has 0 aliphatic carbocycles. The Morgan fingerprint density at radius 1 is 0.958 bits per heavy atom. The maximum Gasteiger partial charge on any atom is 0.0637 e. The quantitative estimate of drug-likeness (QED) is 0.553. The highest BCUT2D eigenvalue weighted by molar-refractivity contribution is 7.98. The van der Waals surface area contributed by atoms with E-state index in [0.717, 1.165) is 35.6 Å². The van der Waals surface area contributed by atoms with Crippen molar-refractivity contribution in [3.63, 3.8) is 0 Å². The molecule has 24 heavy (non-hydrogen) atoms. The van der Waals surface area contributed by atoms with Gasteiger partial charge in [0.1, 0.15) is 0 Å². The van der Waals surface area contributed by atoms with E-state index in [9.17, 15) is 0 Å². The third-order valence-corrected chi connectivity index (χ3v) is 4.64. The van der Waals surface area contributed by atoms with Crippen molar-refractivity contribution in [3.8, 4) is 11.1 Å². The zero-order chi connectivity index (χ0) is 17.4. The molecule has 0 saturated heterocycles. The van der Waals surface area contributed by atoms with Crippen LogP contribution in [0.2, 0.25) is 0 Å². The van der Waals surface area contributed by atoms with Crippen LogP contribution in [0.3, 0.4) is 0 Å². The molecular weight excluding hydrogens is 320 g/mol. The van der Waals surface area contributed by atoms with Crippen LogP contribution in [0.15, 0.2) is 47.4 Å². The van der Waals surface area contributed by atoms with Gasteiger partial charge < -0.3 is 20.1 Å². The third-order valence-electron chi connectivity index (χ3n) is 3.89. The summed E-state index contributed by atoms with van der Waals surface area (Å²) in [6.45, 7) is 2.94. The highest BCUT2D eigenvalue weighted by Gasteiger charge is 2.13. The summed E-state index contributed by atoms with van der Waals surface area (Å²) in [5.74, 6) is 0. The van der Waals surface area contributed by atoms with Crippen LogP contribution in [0.4, 0.5) is 11.4 Å². The number of rotatable bonds is 9. The van der Waals surface area contributed by atoms with Gasteiger partial charge in [0.05, 0.1) is 13.2 Å². The third kappa shape index (κ3) is 4.90. The number of thioether (sulfide) groups is 1. The fraction of sp³-hybridized carbons (Fsp3) is 0.368. The molecule has 0 unspecified atom stereocenters. The van der Waals surface area contributed by atoms with Gasteiger partial charge in [0.2, 0.25) is 0 Å². The average Bonchev–Trinajstić information content (AvgIpc) is 2.62. The summed E-state index contributed by atoms with van der Waals surface area (Å²) in [4.78, 5) is 3.53. The molecule has 2 N–H and O–H groups in total. The van der Waals surface area contributed by atoms with Gasteiger partial charge >= 0.3 is 0 Å². The number of nitrogen functional groups attached to an aromatic ring is 1. The molecule has 0 amide bonds. The Morgan fingerprint density at radius 2 is 1.58 bits per heavy atom. The van der Waals surface area contributed by atoms with Crippen LogP contribution in [0.1, 0.15) is 0 Å². The summed E-state index contributed by atoms with van der Waals surface area (Å²) in [6.07, 6.45) is 2.08. The molecule has 0 heterocycles. The second-order valence-electron chi connectivity index (χ2n) is 5.48. The van der Waals surface area contributed by atoms with Crippen LogP contribution in [-0.2, 0) is 9.47 Å². The van der Waals surface area contributed by atoms with Crippen LogP contribution in [-0.4, -0.2) is 46.8 Å². The van der Waals surface area contributed by atoms with Crippen molar-refractivity contribution in [1.82, 2.24) is 0 Å². The smallest absolute Gasteiger partial charge is 0.0637 e. The normalized spacial score (nSPS) is 10.8. The summed E-state index contributed by atoms with van der Waals surface area (Å²) < 4.78 is 10.5. The number of nitrogens with zero attached hydrogens (tertiary/aromatic N) is 1. The molecule has 2 rings (SSSR count). The predicted octanol–water partition coefficient (Wildman–Crippen LogP) is 3.76. The number of hydrogen-bond acceptors (Lipinski definition) is 5. The first-order valence-electron chi connectivity index (χ1n) is 7.96. The molecule has 0 spiro atoms. The zero-order valence-electron chi connectivity index (χ0n) is 14.6. The SMILES string of the molecule is COCCN(CCOC)c1ccc(N)cc1-c1ccc(SC)cc1. The largest absolute Gasteiger partial charge is 0.399 e. The Bertz CT molecular complexity index is 624. The number of methoxy groups -OCH3 is 2. The van der Waals surface area contributed by atoms with Crippen molar-refractivity contribution in [1.29, 1.82) is 0 Å². The molecule has 4 nitrogen and oxygen atoms in total. The van der Waals surface area contributed by atoms with Gasteiger partial charge in [-0.05, 0) is 42.2 Å². The molecule has 2 aromatic rings. The molecule has 130 valence electrons. The van der Waals surface area contributed by atoms with E-state index >= 15 is 0 Å². The van der Waals surface area contributed by atoms with E-state index in [0.29, 0.717) is 13.2 Å². The Labute approximate surface area is 148 Å². The van der Waals surface area contributed by atoms with E-state index < -0.39 is 0 Å². The molecule has 0 saturated carbocycles. The monoisotopic (exact) mass is 346 g/mol. The maximum absolute atomic E-state index is 6.05. The van der Waals surface area contributed by atoms with E-state index in [1.54, 1.807) is 26.0 Å². The topological polar surface area (TPSA) is 47.7 Å². The molecule has 0 bridgehead atoms. The van der Waals surface area contributed by atoms with Crippen molar-refractivity contribution >= 4 is 23.1 Å². The van der Waals surface area contributed by atoms with Crippen molar-refractivity contribution in [2.75, 3.05) is 57.4 Å². The summed E-state index contributed by atoms with van der Waals surface area (Å²) in [6, 6.07) is 14.6. The first kappa shape index (κ1) is 18.6. The van der Waals surface area contributed by atoms with Crippen LogP contribution >= 0.6 is 11.8 Å². The molecule has 0 aliphatic heterocycles. The van der Waals surface area contributed by atoms with E-state index in [4.69, 9.17) is 15.2 Å². The summed E-state index contributed by atoms with van der Waals surface area (Å²) in [5.41, 5.74) is 10.3. The number of benzene rings is 2. The Hall–Kier alpha value is -1.69. The average molecular weight is 346 g/mol. The molecule has 0 aliphatic rings. The van der Waals surface area contributed by atoms with Crippen LogP contribution in [0.5, 0.6) is 0 Å². The maximum atomic E-state index is 6.05. The van der Waals surface area contributed by atoms with E-state index in [1.807, 2.05) is 12.1 Å². The Kier molecular flexibility index (Phi) is 7.43. The van der Waals surface area contributed by atoms with Gasteiger partial charge in [-0.25, -0.2) is 0 Å². The Morgan fingerprint density at radius 3 is 2.12 bits per heavy atom. The van der Waals surface area contributed by atoms with Crippen molar-refractivity contribution in [2.24, 2.45) is 0 Å². The van der Waals surface area contributed by atoms with Crippen LogP contribution in [0.25, 0.3) is 11.1 Å². The van der Waals surface area contributed by atoms with Gasteiger partial charge in [-0.1, -0.05) is 12.1 Å². The van der Waals surface area contributed by atoms with Crippen LogP contribution in [0, 0.1) is 0 Å². The lowest BCUT2D eigenvalue weighted by atomic mass is 10.0. The lowest BCUT2D eigenvalue weighted by Gasteiger charge is -2.27. The van der Waals surface area contributed by atoms with E-state index in [-0.39, 0.29) is 0 Å². The molecular formula is C19H26N2O2S. The minimum Gasteiger partial charge on any atom is -0.399 e. The van der Waals surface area contributed by atoms with Gasteiger partial charge in [-0.3, -0.25) is 0 Å². The van der Waals surface area contributed by atoms with E-state index in [2.05, 4.69) is 41.5 Å². The number of anilines is 2. The summed E-state index contributed by atoms with van der Waals surface area (Å²) >= 11 is 1.74. The van der Waals surface area contributed by atoms with Gasteiger partial charge in [-0.2, -0.15) is 0 Å². The lowest BCUT2D eigenvalue weighted by molar-refractivity contribution is 0.190. The number of nitrogens with two attached hydrogens (primary N) is 1. The summed E-state index contributed by atoms with van der Waals surface area (Å²) in [7, 11) is 3.44. The second-order valence-corrected chi connectivity index (χ2v) is 6.36. The highest BCUT2D eigenvalue weighted by Crippen LogP contribution is 2.33. The minimum atomic E-state index is 0.666. The molecule has 0 aromatic heterocycles. The van der Waals surface area contributed by atoms with Gasteiger partial charge in [0, 0.05) is 49.1 Å². The lowest BCUT2D eigenvalue weighted by Crippen LogP contribution is -2.31. The zero-order valence-corrected chi connectivity index (χ0v) is 15.4. The highest BCUT2D eigenvalue weighted by atomic mass is 32.2. The van der Waals surface area contributed by atoms with Crippen LogP contribution < -0.4 is 10.6 Å². The number of hydrogen-bond donors (Lipinski definition) is 1. The Balaban J connectivity index is 2.39. The van der Waals surface area contributed by atoms with E-state index in [1.165, 1.54) is 4.90 Å². The number of ether oxygens (including phenoxy) is 2. The standard InChI is InChI=1S/C19H26N2O2S/c1-22-12-10-21(11-13-23-2)19-9-6-16(20)14-18(19)15-4-7-17(24-3)8-5-15/h4-9,14H,10-13,20H2,1-3H3. The first-order chi connectivity index (χ1) is 11.7. The van der Waals surface area contributed by atoms with Gasteiger partial charge in [-0.15, -0.1) is 11.8 Å². The van der Waals surface area contributed by atoms with Crippen molar-refractivity contribution in [3.05, 3.63) is 42.5 Å². The first-order valence-corrected chi connectivity index (χ1v) is 9.19.